The first kappa shape index (κ1) is 25.3. The van der Waals surface area contributed by atoms with Gasteiger partial charge in [0.25, 0.3) is 0 Å². The summed E-state index contributed by atoms with van der Waals surface area (Å²) in [4.78, 5) is 24.0. The van der Waals surface area contributed by atoms with E-state index >= 15 is 0 Å². The zero-order valence-corrected chi connectivity index (χ0v) is 16.6. The van der Waals surface area contributed by atoms with Crippen molar-refractivity contribution in [2.75, 3.05) is 0 Å². The Morgan fingerprint density at radius 3 is 1.37 bits per heavy atom. The quantitative estimate of drug-likeness (QED) is 0.140. The van der Waals surface area contributed by atoms with Gasteiger partial charge in [0.15, 0.2) is 11.6 Å². The highest BCUT2D eigenvalue weighted by Gasteiger charge is 2.35. The number of hydrogen-bond donors (Lipinski definition) is 0. The molecule has 0 N–H and O–H groups in total. The van der Waals surface area contributed by atoms with Gasteiger partial charge in [-0.1, -0.05) is 24.8 Å². The molecule has 4 nitrogen and oxygen atoms in total. The third kappa shape index (κ3) is 4.44. The van der Waals surface area contributed by atoms with Crippen LogP contribution in [0, 0.1) is 52.4 Å². The molecule has 3 rings (SSSR count). The highest BCUT2D eigenvalue weighted by molar-refractivity contribution is 5.93. The van der Waals surface area contributed by atoms with Crippen molar-refractivity contribution in [1.82, 2.24) is 0 Å². The fourth-order valence-corrected chi connectivity index (χ4v) is 2.61. The van der Waals surface area contributed by atoms with Crippen molar-refractivity contribution in [3.05, 3.63) is 99.9 Å². The maximum Gasteiger partial charge on any atom is 0.349 e. The van der Waals surface area contributed by atoms with Gasteiger partial charge in [0.2, 0.25) is 52.2 Å². The third-order valence-corrected chi connectivity index (χ3v) is 4.37. The van der Waals surface area contributed by atoms with E-state index in [9.17, 15) is 49.1 Å². The monoisotopic (exact) mass is 506 g/mol. The number of benzene rings is 3. The lowest BCUT2D eigenvalue weighted by Gasteiger charge is -2.13. The smallest absolute Gasteiger partial charge is 0.349 e. The lowest BCUT2D eigenvalue weighted by atomic mass is 10.1. The van der Waals surface area contributed by atoms with Gasteiger partial charge in [-0.15, -0.1) is 0 Å². The third-order valence-electron chi connectivity index (χ3n) is 4.37. The lowest BCUT2D eigenvalue weighted by molar-refractivity contribution is 0.0700. The van der Waals surface area contributed by atoms with Crippen LogP contribution in [-0.4, -0.2) is 11.9 Å². The molecular weight excluding hydrogens is 499 g/mol. The minimum absolute atomic E-state index is 0.315. The van der Waals surface area contributed by atoms with Crippen LogP contribution in [0.5, 0.6) is 11.5 Å². The molecule has 0 radical (unpaired) electrons. The molecule has 0 aliphatic rings. The van der Waals surface area contributed by atoms with Crippen LogP contribution in [0.4, 0.5) is 39.5 Å². The van der Waals surface area contributed by atoms with E-state index in [1.54, 1.807) is 0 Å². The van der Waals surface area contributed by atoms with E-state index in [1.165, 1.54) is 18.2 Å². The van der Waals surface area contributed by atoms with Gasteiger partial charge < -0.3 is 9.47 Å². The molecule has 0 heterocycles. The molecule has 0 aromatic heterocycles. The van der Waals surface area contributed by atoms with Crippen LogP contribution in [0.2, 0.25) is 0 Å². The van der Waals surface area contributed by atoms with Crippen molar-refractivity contribution in [3.8, 4) is 11.5 Å². The minimum atomic E-state index is -2.66. The topological polar surface area (TPSA) is 52.6 Å². The Hall–Kier alpha value is -4.29. The zero-order chi connectivity index (χ0) is 26.2. The Bertz CT molecular complexity index is 1330. The molecule has 0 saturated carbocycles. The van der Waals surface area contributed by atoms with Crippen molar-refractivity contribution in [2.45, 2.75) is 0 Å². The summed E-state index contributed by atoms with van der Waals surface area (Å²) in [5.74, 6) is -31.4. The molecule has 13 heteroatoms. The van der Waals surface area contributed by atoms with Gasteiger partial charge in [0.05, 0.1) is 5.56 Å². The second kappa shape index (κ2) is 9.52. The first-order valence-electron chi connectivity index (χ1n) is 8.94. The molecule has 0 aliphatic carbocycles. The Kier molecular flexibility index (Phi) is 6.89. The molecule has 3 aromatic carbocycles. The van der Waals surface area contributed by atoms with E-state index in [2.05, 4.69) is 16.1 Å². The normalized spacial score (nSPS) is 10.8. The predicted molar refractivity (Wildman–Crippen MR) is 99.0 cm³/mol. The predicted octanol–water partition coefficient (Wildman–Crippen LogP) is 6.02. The van der Waals surface area contributed by atoms with E-state index in [4.69, 9.17) is 0 Å². The van der Waals surface area contributed by atoms with E-state index in [1.807, 2.05) is 0 Å². The number of hydrogen-bond acceptors (Lipinski definition) is 4. The van der Waals surface area contributed by atoms with Crippen LogP contribution in [0.1, 0.15) is 26.3 Å². The van der Waals surface area contributed by atoms with Crippen LogP contribution in [-0.2, 0) is 0 Å². The summed E-state index contributed by atoms with van der Waals surface area (Å²) in [6.07, 6.45) is 1.39. The van der Waals surface area contributed by atoms with E-state index < -0.39 is 81.4 Å². The molecule has 3 aromatic rings. The van der Waals surface area contributed by atoms with Gasteiger partial charge in [0, 0.05) is 0 Å². The summed E-state index contributed by atoms with van der Waals surface area (Å²) in [6, 6.07) is 4.93. The summed E-state index contributed by atoms with van der Waals surface area (Å²) in [5.41, 5.74) is -2.03. The molecule has 0 unspecified atom stereocenters. The number of carbonyl (C=O) groups excluding carboxylic acids is 2. The Labute approximate surface area is 188 Å². The fraction of sp³-hybridized carbons (Fsp3) is 0. The number of carbonyl (C=O) groups is 2. The van der Waals surface area contributed by atoms with Crippen molar-refractivity contribution in [3.63, 3.8) is 0 Å². The largest absolute Gasteiger partial charge is 0.416 e. The first-order valence-corrected chi connectivity index (χ1v) is 8.94. The zero-order valence-electron chi connectivity index (χ0n) is 16.6. The standard InChI is InChI=1S/C22H7F9O4/c1-2-7-3-5-8(6-4-7)21(32)34-19-15(28)10(23)9(11(24)16(19)29)22(33)35-20-17(30)13(26)12(25)14(27)18(20)31/h2-6H,1H2. The second-order valence-electron chi connectivity index (χ2n) is 6.46. The summed E-state index contributed by atoms with van der Waals surface area (Å²) < 4.78 is 132. The van der Waals surface area contributed by atoms with Gasteiger partial charge in [-0.2, -0.15) is 17.6 Å². The minimum Gasteiger partial charge on any atom is -0.416 e. The Balaban J connectivity index is 1.99. The van der Waals surface area contributed by atoms with Crippen molar-refractivity contribution >= 4 is 18.0 Å². The van der Waals surface area contributed by atoms with Crippen LogP contribution in [0.3, 0.4) is 0 Å². The van der Waals surface area contributed by atoms with Crippen LogP contribution >= 0.6 is 0 Å². The van der Waals surface area contributed by atoms with Gasteiger partial charge in [-0.25, -0.2) is 31.5 Å². The molecular formula is C22H7F9O4. The van der Waals surface area contributed by atoms with Crippen molar-refractivity contribution in [1.29, 1.82) is 0 Å². The Morgan fingerprint density at radius 2 is 0.943 bits per heavy atom. The van der Waals surface area contributed by atoms with Gasteiger partial charge in [-0.05, 0) is 17.7 Å². The molecule has 0 spiro atoms. The number of ether oxygens (including phenoxy) is 2. The number of esters is 2. The molecule has 0 atom stereocenters. The molecule has 0 fully saturated rings. The van der Waals surface area contributed by atoms with Crippen LogP contribution in [0.15, 0.2) is 30.8 Å². The van der Waals surface area contributed by atoms with E-state index in [0.717, 1.165) is 12.1 Å². The van der Waals surface area contributed by atoms with Gasteiger partial charge >= 0.3 is 11.9 Å². The summed E-state index contributed by atoms with van der Waals surface area (Å²) in [7, 11) is 0. The average Bonchev–Trinajstić information content (AvgIpc) is 2.85. The molecule has 35 heavy (non-hydrogen) atoms. The fourth-order valence-electron chi connectivity index (χ4n) is 2.61. The SMILES string of the molecule is C=Cc1ccc(C(=O)Oc2c(F)c(F)c(C(=O)Oc3c(F)c(F)c(F)c(F)c3F)c(F)c2F)cc1. The van der Waals surface area contributed by atoms with E-state index in [0.29, 0.717) is 5.56 Å². The van der Waals surface area contributed by atoms with E-state index in [-0.39, 0.29) is 5.56 Å². The van der Waals surface area contributed by atoms with Gasteiger partial charge in [0.1, 0.15) is 5.56 Å². The van der Waals surface area contributed by atoms with Crippen molar-refractivity contribution < 1.29 is 58.6 Å². The maximum atomic E-state index is 14.4. The molecule has 0 amide bonds. The summed E-state index contributed by atoms with van der Waals surface area (Å²) in [6.45, 7) is 3.45. The summed E-state index contributed by atoms with van der Waals surface area (Å²) >= 11 is 0. The average molecular weight is 506 g/mol. The molecule has 0 saturated heterocycles. The molecule has 182 valence electrons. The van der Waals surface area contributed by atoms with Gasteiger partial charge in [-0.3, -0.25) is 0 Å². The maximum absolute atomic E-state index is 14.4. The van der Waals surface area contributed by atoms with Crippen LogP contribution < -0.4 is 9.47 Å². The first-order chi connectivity index (χ1) is 16.4. The van der Waals surface area contributed by atoms with Crippen molar-refractivity contribution in [2.24, 2.45) is 0 Å². The number of halogens is 9. The summed E-state index contributed by atoms with van der Waals surface area (Å²) in [5, 5.41) is 0. The highest BCUT2D eigenvalue weighted by atomic mass is 19.2. The highest BCUT2D eigenvalue weighted by Crippen LogP contribution is 2.33. The second-order valence-corrected chi connectivity index (χ2v) is 6.46. The molecule has 0 bridgehead atoms. The van der Waals surface area contributed by atoms with Crippen LogP contribution in [0.25, 0.3) is 6.08 Å². The lowest BCUT2D eigenvalue weighted by Crippen LogP contribution is -2.20. The molecule has 0 aliphatic heterocycles. The number of rotatable bonds is 5. The Morgan fingerprint density at radius 1 is 0.571 bits per heavy atom.